The molecule has 1 saturated heterocycles. The Labute approximate surface area is 60.4 Å². The molecule has 58 valence electrons. The number of rotatable bonds is 1. The van der Waals surface area contributed by atoms with Gasteiger partial charge in [-0.1, -0.05) is 6.92 Å². The first-order chi connectivity index (χ1) is 4.72. The van der Waals surface area contributed by atoms with Crippen LogP contribution in [-0.4, -0.2) is 23.7 Å². The van der Waals surface area contributed by atoms with Gasteiger partial charge in [0.2, 0.25) is 0 Å². The van der Waals surface area contributed by atoms with E-state index in [9.17, 15) is 4.79 Å². The summed E-state index contributed by atoms with van der Waals surface area (Å²) >= 11 is 0. The summed E-state index contributed by atoms with van der Waals surface area (Å²) in [5, 5.41) is 11.6. The normalized spacial score (nSPS) is 33.7. The summed E-state index contributed by atoms with van der Waals surface area (Å²) in [7, 11) is 0. The molecule has 0 bridgehead atoms. The molecule has 0 saturated carbocycles. The highest BCUT2D eigenvalue weighted by Crippen LogP contribution is 2.14. The molecule has 3 heteroatoms. The van der Waals surface area contributed by atoms with Gasteiger partial charge in [-0.25, -0.2) is 0 Å². The van der Waals surface area contributed by atoms with Crippen molar-refractivity contribution in [3.05, 3.63) is 0 Å². The third-order valence-electron chi connectivity index (χ3n) is 2.04. The van der Waals surface area contributed by atoms with Crippen LogP contribution in [0.5, 0.6) is 0 Å². The zero-order valence-corrected chi connectivity index (χ0v) is 6.13. The molecule has 0 radical (unpaired) electrons. The second-order valence-corrected chi connectivity index (χ2v) is 2.89. The van der Waals surface area contributed by atoms with Gasteiger partial charge in [-0.05, 0) is 25.3 Å². The van der Waals surface area contributed by atoms with Crippen molar-refractivity contribution in [3.8, 4) is 0 Å². The van der Waals surface area contributed by atoms with Crippen molar-refractivity contribution in [2.24, 2.45) is 5.92 Å². The largest absolute Gasteiger partial charge is 0.480 e. The number of carboxylic acids is 1. The van der Waals surface area contributed by atoms with Gasteiger partial charge in [0.15, 0.2) is 0 Å². The third-order valence-corrected chi connectivity index (χ3v) is 2.04. The lowest BCUT2D eigenvalue weighted by atomic mass is 9.93. The number of aliphatic carboxylic acids is 1. The molecule has 1 aliphatic heterocycles. The molecule has 0 aromatic rings. The summed E-state index contributed by atoms with van der Waals surface area (Å²) in [4.78, 5) is 10.5. The maximum atomic E-state index is 10.5. The van der Waals surface area contributed by atoms with Crippen LogP contribution in [0.4, 0.5) is 0 Å². The Morgan fingerprint density at radius 1 is 1.70 bits per heavy atom. The summed E-state index contributed by atoms with van der Waals surface area (Å²) < 4.78 is 0. The fraction of sp³-hybridized carbons (Fsp3) is 0.857. The van der Waals surface area contributed by atoms with E-state index in [4.69, 9.17) is 5.11 Å². The zero-order chi connectivity index (χ0) is 7.56. The van der Waals surface area contributed by atoms with Crippen LogP contribution in [0, 0.1) is 5.92 Å². The number of piperidine rings is 1. The van der Waals surface area contributed by atoms with E-state index >= 15 is 0 Å². The SMILES string of the molecule is C[C@H]1CCCN[C@@H]1C(=O)O. The van der Waals surface area contributed by atoms with Crippen LogP contribution in [0.2, 0.25) is 0 Å². The van der Waals surface area contributed by atoms with Crippen molar-refractivity contribution in [2.45, 2.75) is 25.8 Å². The number of nitrogens with one attached hydrogen (secondary N) is 1. The molecule has 2 atom stereocenters. The molecule has 1 fully saturated rings. The number of hydrogen-bond acceptors (Lipinski definition) is 2. The van der Waals surface area contributed by atoms with Crippen LogP contribution >= 0.6 is 0 Å². The summed E-state index contributed by atoms with van der Waals surface area (Å²) in [6.45, 7) is 2.83. The predicted octanol–water partition coefficient (Wildman–Crippen LogP) is 0.459. The lowest BCUT2D eigenvalue weighted by Gasteiger charge is -2.26. The summed E-state index contributed by atoms with van der Waals surface area (Å²) in [6, 6.07) is -0.311. The van der Waals surface area contributed by atoms with Gasteiger partial charge in [-0.15, -0.1) is 0 Å². The summed E-state index contributed by atoms with van der Waals surface area (Å²) in [6.07, 6.45) is 2.13. The number of carbonyl (C=O) groups is 1. The minimum atomic E-state index is -0.716. The average Bonchev–Trinajstić information content (AvgIpc) is 1.88. The smallest absolute Gasteiger partial charge is 0.320 e. The Kier molecular flexibility index (Phi) is 2.27. The molecular formula is C7H13NO2. The van der Waals surface area contributed by atoms with Crippen LogP contribution in [0.1, 0.15) is 19.8 Å². The van der Waals surface area contributed by atoms with Gasteiger partial charge < -0.3 is 10.4 Å². The van der Waals surface area contributed by atoms with E-state index in [1.807, 2.05) is 6.92 Å². The van der Waals surface area contributed by atoms with E-state index in [0.29, 0.717) is 0 Å². The van der Waals surface area contributed by atoms with Crippen LogP contribution in [0.25, 0.3) is 0 Å². The Bertz CT molecular complexity index is 136. The third kappa shape index (κ3) is 1.48. The van der Waals surface area contributed by atoms with Crippen LogP contribution in [-0.2, 0) is 4.79 Å². The van der Waals surface area contributed by atoms with Crippen molar-refractivity contribution in [1.82, 2.24) is 5.32 Å². The van der Waals surface area contributed by atoms with Gasteiger partial charge in [-0.2, -0.15) is 0 Å². The molecule has 1 aliphatic rings. The molecule has 1 rings (SSSR count). The lowest BCUT2D eigenvalue weighted by molar-refractivity contribution is -0.141. The molecule has 3 nitrogen and oxygen atoms in total. The predicted molar refractivity (Wildman–Crippen MR) is 37.8 cm³/mol. The standard InChI is InChI=1S/C7H13NO2/c1-5-3-2-4-8-6(5)7(9)10/h5-6,8H,2-4H2,1H3,(H,9,10)/t5-,6-/m0/s1. The van der Waals surface area contributed by atoms with Gasteiger partial charge in [0, 0.05) is 0 Å². The monoisotopic (exact) mass is 143 g/mol. The first kappa shape index (κ1) is 7.54. The van der Waals surface area contributed by atoms with Gasteiger partial charge >= 0.3 is 5.97 Å². The van der Waals surface area contributed by atoms with Crippen molar-refractivity contribution in [1.29, 1.82) is 0 Å². The maximum Gasteiger partial charge on any atom is 0.320 e. The zero-order valence-electron chi connectivity index (χ0n) is 6.13. The van der Waals surface area contributed by atoms with E-state index in [0.717, 1.165) is 19.4 Å². The molecule has 0 aromatic heterocycles. The highest BCUT2D eigenvalue weighted by atomic mass is 16.4. The molecule has 2 N–H and O–H groups in total. The molecule has 0 spiro atoms. The van der Waals surface area contributed by atoms with Crippen LogP contribution in [0.15, 0.2) is 0 Å². The molecule has 0 unspecified atom stereocenters. The Morgan fingerprint density at radius 3 is 2.80 bits per heavy atom. The molecular weight excluding hydrogens is 130 g/mol. The average molecular weight is 143 g/mol. The molecule has 0 amide bonds. The van der Waals surface area contributed by atoms with E-state index < -0.39 is 5.97 Å². The summed E-state index contributed by atoms with van der Waals surface area (Å²) in [5.41, 5.74) is 0. The Balaban J connectivity index is 2.47. The van der Waals surface area contributed by atoms with Crippen molar-refractivity contribution in [3.63, 3.8) is 0 Å². The van der Waals surface area contributed by atoms with Gasteiger partial charge in [-0.3, -0.25) is 4.79 Å². The van der Waals surface area contributed by atoms with Gasteiger partial charge in [0.05, 0.1) is 0 Å². The van der Waals surface area contributed by atoms with Crippen molar-refractivity contribution < 1.29 is 9.90 Å². The summed E-state index contributed by atoms with van der Waals surface area (Å²) in [5.74, 6) is -0.432. The minimum absolute atomic E-state index is 0.284. The van der Waals surface area contributed by atoms with Crippen LogP contribution in [0.3, 0.4) is 0 Å². The lowest BCUT2D eigenvalue weighted by Crippen LogP contribution is -2.45. The quantitative estimate of drug-likeness (QED) is 0.560. The molecule has 0 aromatic carbocycles. The first-order valence-electron chi connectivity index (χ1n) is 3.68. The molecule has 0 aliphatic carbocycles. The van der Waals surface area contributed by atoms with Gasteiger partial charge in [0.25, 0.3) is 0 Å². The second kappa shape index (κ2) is 3.01. The molecule has 1 heterocycles. The highest BCUT2D eigenvalue weighted by molar-refractivity contribution is 5.73. The number of hydrogen-bond donors (Lipinski definition) is 2. The Morgan fingerprint density at radius 2 is 2.40 bits per heavy atom. The fourth-order valence-electron chi connectivity index (χ4n) is 1.38. The first-order valence-corrected chi connectivity index (χ1v) is 3.68. The van der Waals surface area contributed by atoms with Crippen molar-refractivity contribution >= 4 is 5.97 Å². The topological polar surface area (TPSA) is 49.3 Å². The maximum absolute atomic E-state index is 10.5. The molecule has 10 heavy (non-hydrogen) atoms. The van der Waals surface area contributed by atoms with E-state index in [1.165, 1.54) is 0 Å². The second-order valence-electron chi connectivity index (χ2n) is 2.89. The van der Waals surface area contributed by atoms with E-state index in [1.54, 1.807) is 0 Å². The van der Waals surface area contributed by atoms with Crippen LogP contribution < -0.4 is 5.32 Å². The van der Waals surface area contributed by atoms with E-state index in [-0.39, 0.29) is 12.0 Å². The highest BCUT2D eigenvalue weighted by Gasteiger charge is 2.26. The minimum Gasteiger partial charge on any atom is -0.480 e. The van der Waals surface area contributed by atoms with E-state index in [2.05, 4.69) is 5.32 Å². The Hall–Kier alpha value is -0.570. The fourth-order valence-corrected chi connectivity index (χ4v) is 1.38. The number of carboxylic acid groups (broad SMARTS) is 1. The van der Waals surface area contributed by atoms with Crippen molar-refractivity contribution in [2.75, 3.05) is 6.54 Å². The van der Waals surface area contributed by atoms with Gasteiger partial charge in [0.1, 0.15) is 6.04 Å².